The van der Waals surface area contributed by atoms with Gasteiger partial charge in [0.05, 0.1) is 6.10 Å². The van der Waals surface area contributed by atoms with E-state index < -0.39 is 0 Å². The number of rotatable bonds is 5. The Bertz CT molecular complexity index is 273. The first kappa shape index (κ1) is 14.7. The first-order valence-corrected chi connectivity index (χ1v) is 5.31. The molecule has 0 unspecified atom stereocenters. The van der Waals surface area contributed by atoms with Crippen molar-refractivity contribution in [3.63, 3.8) is 0 Å². The van der Waals surface area contributed by atoms with Crippen molar-refractivity contribution in [1.82, 2.24) is 0 Å². The molecule has 0 N–H and O–H groups in total. The number of ether oxygens (including phenoxy) is 1. The van der Waals surface area contributed by atoms with Gasteiger partial charge in [0.15, 0.2) is 0 Å². The first-order valence-electron chi connectivity index (χ1n) is 5.31. The number of benzene rings is 1. The number of para-hydroxylation sites is 1. The maximum absolute atomic E-state index is 5.82. The molecule has 0 amide bonds. The molecule has 1 aromatic carbocycles. The van der Waals surface area contributed by atoms with Crippen LogP contribution in [0.5, 0.6) is 5.75 Å². The Morgan fingerprint density at radius 2 is 2.00 bits per heavy atom. The summed E-state index contributed by atoms with van der Waals surface area (Å²) in [6.45, 7) is 8.10. The number of aryl methyl sites for hydroxylation is 1. The summed E-state index contributed by atoms with van der Waals surface area (Å²) in [4.78, 5) is 0. The second-order valence-electron chi connectivity index (χ2n) is 3.55. The molecule has 0 aromatic heterocycles. The average Bonchev–Trinajstić information content (AvgIpc) is 2.21. The van der Waals surface area contributed by atoms with Crippen LogP contribution in [0.4, 0.5) is 0 Å². The molecular formula is C13H19OW-. The quantitative estimate of drug-likeness (QED) is 0.715. The van der Waals surface area contributed by atoms with Crippen molar-refractivity contribution in [3.8, 4) is 5.75 Å². The third-order valence-corrected chi connectivity index (χ3v) is 2.32. The van der Waals surface area contributed by atoms with E-state index in [9.17, 15) is 0 Å². The fraction of sp³-hybridized carbons (Fsp3) is 0.462. The number of hydrogen-bond acceptors (Lipinski definition) is 1. The molecule has 1 rings (SSSR count). The van der Waals surface area contributed by atoms with Gasteiger partial charge in [-0.3, -0.25) is 0 Å². The minimum atomic E-state index is 0. The second kappa shape index (κ2) is 7.93. The van der Waals surface area contributed by atoms with Crippen molar-refractivity contribution in [2.24, 2.45) is 0 Å². The van der Waals surface area contributed by atoms with Gasteiger partial charge in [-0.2, -0.15) is 6.42 Å². The molecule has 15 heavy (non-hydrogen) atoms. The molecule has 0 radical (unpaired) electrons. The van der Waals surface area contributed by atoms with Gasteiger partial charge in [0.2, 0.25) is 0 Å². The molecule has 0 spiro atoms. The Morgan fingerprint density at radius 1 is 1.33 bits per heavy atom. The van der Waals surface area contributed by atoms with Crippen LogP contribution in [0.2, 0.25) is 0 Å². The molecule has 1 nitrogen and oxygen atoms in total. The van der Waals surface area contributed by atoms with Gasteiger partial charge in [-0.1, -0.05) is 31.5 Å². The van der Waals surface area contributed by atoms with Gasteiger partial charge in [0.25, 0.3) is 0 Å². The molecule has 0 aliphatic rings. The topological polar surface area (TPSA) is 9.23 Å². The zero-order chi connectivity index (χ0) is 10.4. The van der Waals surface area contributed by atoms with Crippen molar-refractivity contribution >= 4 is 0 Å². The van der Waals surface area contributed by atoms with Crippen molar-refractivity contribution in [3.05, 3.63) is 36.8 Å². The largest absolute Gasteiger partial charge is 0.490 e. The summed E-state index contributed by atoms with van der Waals surface area (Å²) < 4.78 is 5.82. The zero-order valence-corrected chi connectivity index (χ0v) is 12.5. The van der Waals surface area contributed by atoms with Crippen molar-refractivity contribution < 1.29 is 25.8 Å². The van der Waals surface area contributed by atoms with E-state index in [-0.39, 0.29) is 21.1 Å². The Kier molecular flexibility index (Phi) is 7.78. The van der Waals surface area contributed by atoms with E-state index in [1.165, 1.54) is 5.56 Å². The molecule has 1 atom stereocenters. The summed E-state index contributed by atoms with van der Waals surface area (Å²) in [5, 5.41) is 0. The van der Waals surface area contributed by atoms with Crippen molar-refractivity contribution in [2.75, 3.05) is 0 Å². The Morgan fingerprint density at radius 3 is 2.60 bits per heavy atom. The van der Waals surface area contributed by atoms with Crippen LogP contribution >= 0.6 is 0 Å². The second-order valence-corrected chi connectivity index (χ2v) is 3.55. The fourth-order valence-electron chi connectivity index (χ4n) is 1.32. The van der Waals surface area contributed by atoms with E-state index >= 15 is 0 Å². The Balaban J connectivity index is 0.00000196. The Hall–Kier alpha value is -0.292. The van der Waals surface area contributed by atoms with Crippen molar-refractivity contribution in [1.29, 1.82) is 0 Å². The zero-order valence-electron chi connectivity index (χ0n) is 9.53. The van der Waals surface area contributed by atoms with E-state index in [0.717, 1.165) is 25.0 Å². The predicted molar refractivity (Wildman–Crippen MR) is 60.5 cm³/mol. The fourth-order valence-corrected chi connectivity index (χ4v) is 1.32. The maximum atomic E-state index is 5.82. The van der Waals surface area contributed by atoms with Gasteiger partial charge in [-0.05, 0) is 25.0 Å². The van der Waals surface area contributed by atoms with Crippen LogP contribution in [-0.4, -0.2) is 6.10 Å². The van der Waals surface area contributed by atoms with E-state index in [1.54, 1.807) is 0 Å². The SMILES string of the molecule is [CH2-]CCc1ccccc1O[C@H](C)CC.[W]. The van der Waals surface area contributed by atoms with E-state index in [1.807, 2.05) is 12.1 Å². The molecule has 0 saturated carbocycles. The minimum Gasteiger partial charge on any atom is -0.490 e. The van der Waals surface area contributed by atoms with E-state index in [0.29, 0.717) is 6.10 Å². The minimum absolute atomic E-state index is 0. The monoisotopic (exact) mass is 375 g/mol. The van der Waals surface area contributed by atoms with Gasteiger partial charge < -0.3 is 11.7 Å². The van der Waals surface area contributed by atoms with E-state index in [2.05, 4.69) is 32.9 Å². The van der Waals surface area contributed by atoms with Gasteiger partial charge in [0.1, 0.15) is 5.75 Å². The van der Waals surface area contributed by atoms with Crippen LogP contribution in [-0.2, 0) is 27.5 Å². The molecular weight excluding hydrogens is 356 g/mol. The van der Waals surface area contributed by atoms with Crippen LogP contribution in [0.15, 0.2) is 24.3 Å². The van der Waals surface area contributed by atoms with Crippen LogP contribution in [0, 0.1) is 6.92 Å². The molecule has 1 aromatic rings. The summed E-state index contributed by atoms with van der Waals surface area (Å²) in [6, 6.07) is 8.22. The normalized spacial score (nSPS) is 11.7. The molecule has 0 fully saturated rings. The standard InChI is InChI=1S/C13H19O.W/c1-4-8-12-9-6-7-10-13(12)14-11(3)5-2;/h6-7,9-11H,1,4-5,8H2,2-3H3;/q-1;/t11-;/m1./s1. The average molecular weight is 375 g/mol. The molecule has 84 valence electrons. The summed E-state index contributed by atoms with van der Waals surface area (Å²) in [5.74, 6) is 1.02. The molecule has 0 aliphatic heterocycles. The van der Waals surface area contributed by atoms with Crippen LogP contribution < -0.4 is 4.74 Å². The summed E-state index contributed by atoms with van der Waals surface area (Å²) >= 11 is 0. The van der Waals surface area contributed by atoms with Gasteiger partial charge in [-0.25, -0.2) is 0 Å². The van der Waals surface area contributed by atoms with Crippen LogP contribution in [0.3, 0.4) is 0 Å². The molecule has 0 bridgehead atoms. The first-order chi connectivity index (χ1) is 6.77. The summed E-state index contributed by atoms with van der Waals surface area (Å²) in [6.07, 6.45) is 3.24. The maximum Gasteiger partial charge on any atom is 0.122 e. The summed E-state index contributed by atoms with van der Waals surface area (Å²) in [7, 11) is 0. The molecule has 0 aliphatic carbocycles. The third kappa shape index (κ3) is 4.84. The Labute approximate surface area is 107 Å². The van der Waals surface area contributed by atoms with Gasteiger partial charge >= 0.3 is 0 Å². The summed E-state index contributed by atoms with van der Waals surface area (Å²) in [5.41, 5.74) is 1.27. The molecule has 0 heterocycles. The predicted octanol–water partition coefficient (Wildman–Crippen LogP) is 3.63. The molecule has 0 saturated heterocycles. The molecule has 2 heteroatoms. The van der Waals surface area contributed by atoms with Crippen molar-refractivity contribution in [2.45, 2.75) is 39.2 Å². The number of hydrogen-bond donors (Lipinski definition) is 0. The van der Waals surface area contributed by atoms with E-state index in [4.69, 9.17) is 4.74 Å². The van der Waals surface area contributed by atoms with Crippen LogP contribution in [0.25, 0.3) is 0 Å². The smallest absolute Gasteiger partial charge is 0.122 e. The van der Waals surface area contributed by atoms with Gasteiger partial charge in [0, 0.05) is 21.1 Å². The third-order valence-electron chi connectivity index (χ3n) is 2.32. The van der Waals surface area contributed by atoms with Gasteiger partial charge in [-0.15, -0.1) is 0 Å². The van der Waals surface area contributed by atoms with Crippen LogP contribution in [0.1, 0.15) is 32.3 Å².